The Morgan fingerprint density at radius 2 is 1.96 bits per heavy atom. The smallest absolute Gasteiger partial charge is 0.107 e. The molecule has 0 spiro atoms. The van der Waals surface area contributed by atoms with Crippen molar-refractivity contribution in [3.63, 3.8) is 0 Å². The molecule has 2 aromatic heterocycles. The first-order valence-electron chi connectivity index (χ1n) is 8.10. The van der Waals surface area contributed by atoms with Gasteiger partial charge in [0.1, 0.15) is 5.82 Å². The highest BCUT2D eigenvalue weighted by Gasteiger charge is 2.08. The Balaban J connectivity index is 1.58. The third kappa shape index (κ3) is 2.61. The fourth-order valence-electron chi connectivity index (χ4n) is 3.04. The van der Waals surface area contributed by atoms with Gasteiger partial charge in [-0.15, -0.1) is 0 Å². The van der Waals surface area contributed by atoms with Crippen LogP contribution < -0.4 is 0 Å². The normalized spacial score (nSPS) is 11.8. The number of rotatable bonds is 4. The first-order valence-corrected chi connectivity index (χ1v) is 8.10. The molecule has 4 rings (SSSR count). The molecule has 0 bridgehead atoms. The summed E-state index contributed by atoms with van der Waals surface area (Å²) in [6, 6.07) is 15.1. The molecule has 0 unspecified atom stereocenters. The Bertz CT molecular complexity index is 929. The molecule has 0 aliphatic rings. The maximum Gasteiger partial charge on any atom is 0.107 e. The molecule has 23 heavy (non-hydrogen) atoms. The number of para-hydroxylation sites is 2. The minimum Gasteiger partial charge on any atom is -0.342 e. The SMILES string of the molecule is CC(C)n1ncc2ccc(CCc3nc4ccccc4[nH]3)cc21. The van der Waals surface area contributed by atoms with E-state index in [0.717, 1.165) is 29.7 Å². The number of aryl methyl sites for hydroxylation is 2. The summed E-state index contributed by atoms with van der Waals surface area (Å²) in [5.41, 5.74) is 4.68. The average Bonchev–Trinajstić information content (AvgIpc) is 3.15. The van der Waals surface area contributed by atoms with Crippen molar-refractivity contribution in [2.24, 2.45) is 0 Å². The molecule has 0 aliphatic heterocycles. The number of nitrogens with one attached hydrogen (secondary N) is 1. The van der Waals surface area contributed by atoms with E-state index in [1.165, 1.54) is 16.5 Å². The molecule has 0 saturated carbocycles. The molecule has 0 fully saturated rings. The van der Waals surface area contributed by atoms with Crippen molar-refractivity contribution in [1.29, 1.82) is 0 Å². The first-order chi connectivity index (χ1) is 11.2. The highest BCUT2D eigenvalue weighted by Crippen LogP contribution is 2.20. The van der Waals surface area contributed by atoms with Gasteiger partial charge in [0.2, 0.25) is 0 Å². The molecule has 4 nitrogen and oxygen atoms in total. The van der Waals surface area contributed by atoms with Crippen LogP contribution in [0.5, 0.6) is 0 Å². The molecule has 4 aromatic rings. The van der Waals surface area contributed by atoms with E-state index >= 15 is 0 Å². The van der Waals surface area contributed by atoms with Crippen LogP contribution in [0.4, 0.5) is 0 Å². The number of aromatic amines is 1. The summed E-state index contributed by atoms with van der Waals surface area (Å²) in [5.74, 6) is 1.05. The number of H-pyrrole nitrogens is 1. The van der Waals surface area contributed by atoms with Crippen LogP contribution in [0.2, 0.25) is 0 Å². The van der Waals surface area contributed by atoms with Crippen molar-refractivity contribution in [2.45, 2.75) is 32.7 Å². The molecular formula is C19H20N4. The topological polar surface area (TPSA) is 46.5 Å². The lowest BCUT2D eigenvalue weighted by Crippen LogP contribution is -2.02. The van der Waals surface area contributed by atoms with Gasteiger partial charge in [-0.1, -0.05) is 24.3 Å². The van der Waals surface area contributed by atoms with Gasteiger partial charge in [-0.3, -0.25) is 4.68 Å². The van der Waals surface area contributed by atoms with E-state index in [1.54, 1.807) is 0 Å². The second-order valence-corrected chi connectivity index (χ2v) is 6.28. The molecule has 2 heterocycles. The second kappa shape index (κ2) is 5.54. The summed E-state index contributed by atoms with van der Waals surface area (Å²) in [7, 11) is 0. The van der Waals surface area contributed by atoms with E-state index in [-0.39, 0.29) is 0 Å². The van der Waals surface area contributed by atoms with Gasteiger partial charge in [-0.2, -0.15) is 5.10 Å². The van der Waals surface area contributed by atoms with Crippen LogP contribution in [0.25, 0.3) is 21.9 Å². The van der Waals surface area contributed by atoms with E-state index in [9.17, 15) is 0 Å². The number of hydrogen-bond donors (Lipinski definition) is 1. The molecule has 2 aromatic carbocycles. The fraction of sp³-hybridized carbons (Fsp3) is 0.263. The molecule has 116 valence electrons. The standard InChI is InChI=1S/C19H20N4/c1-13(2)23-18-11-14(7-9-15(18)12-20-23)8-10-19-21-16-5-3-4-6-17(16)22-19/h3-7,9,11-13H,8,10H2,1-2H3,(H,21,22). The Morgan fingerprint density at radius 3 is 2.78 bits per heavy atom. The predicted octanol–water partition coefficient (Wildman–Crippen LogP) is 4.28. The largest absolute Gasteiger partial charge is 0.342 e. The number of aromatic nitrogens is 4. The number of benzene rings is 2. The van der Waals surface area contributed by atoms with Gasteiger partial charge in [0, 0.05) is 17.8 Å². The zero-order chi connectivity index (χ0) is 15.8. The molecule has 1 N–H and O–H groups in total. The maximum absolute atomic E-state index is 4.65. The summed E-state index contributed by atoms with van der Waals surface area (Å²) in [5, 5.41) is 5.68. The summed E-state index contributed by atoms with van der Waals surface area (Å²) in [4.78, 5) is 8.05. The van der Waals surface area contributed by atoms with Crippen molar-refractivity contribution in [3.05, 3.63) is 60.0 Å². The highest BCUT2D eigenvalue weighted by molar-refractivity contribution is 5.79. The minimum atomic E-state index is 0.373. The lowest BCUT2D eigenvalue weighted by Gasteiger charge is -2.08. The Morgan fingerprint density at radius 1 is 1.09 bits per heavy atom. The minimum absolute atomic E-state index is 0.373. The average molecular weight is 304 g/mol. The van der Waals surface area contributed by atoms with Crippen molar-refractivity contribution < 1.29 is 0 Å². The van der Waals surface area contributed by atoms with Gasteiger partial charge in [0.25, 0.3) is 0 Å². The van der Waals surface area contributed by atoms with Crippen molar-refractivity contribution in [2.75, 3.05) is 0 Å². The summed E-state index contributed by atoms with van der Waals surface area (Å²) in [6.07, 6.45) is 3.83. The fourth-order valence-corrected chi connectivity index (χ4v) is 3.04. The van der Waals surface area contributed by atoms with Gasteiger partial charge < -0.3 is 4.98 Å². The van der Waals surface area contributed by atoms with E-state index in [2.05, 4.69) is 57.9 Å². The number of imidazole rings is 1. The third-order valence-electron chi connectivity index (χ3n) is 4.24. The van der Waals surface area contributed by atoms with E-state index < -0.39 is 0 Å². The van der Waals surface area contributed by atoms with Gasteiger partial charge >= 0.3 is 0 Å². The van der Waals surface area contributed by atoms with Crippen LogP contribution in [0.3, 0.4) is 0 Å². The van der Waals surface area contributed by atoms with E-state index in [1.807, 2.05) is 24.4 Å². The van der Waals surface area contributed by atoms with E-state index in [4.69, 9.17) is 0 Å². The van der Waals surface area contributed by atoms with Crippen LogP contribution in [-0.4, -0.2) is 19.7 Å². The lowest BCUT2D eigenvalue weighted by molar-refractivity contribution is 0.550. The zero-order valence-electron chi connectivity index (χ0n) is 13.5. The van der Waals surface area contributed by atoms with Gasteiger partial charge in [0.15, 0.2) is 0 Å². The van der Waals surface area contributed by atoms with Crippen LogP contribution in [-0.2, 0) is 12.8 Å². The van der Waals surface area contributed by atoms with Crippen LogP contribution in [0, 0.1) is 0 Å². The lowest BCUT2D eigenvalue weighted by atomic mass is 10.1. The molecule has 0 saturated heterocycles. The van der Waals surface area contributed by atoms with Gasteiger partial charge in [-0.05, 0) is 44.0 Å². The molecule has 4 heteroatoms. The molecule has 0 atom stereocenters. The monoisotopic (exact) mass is 304 g/mol. The highest BCUT2D eigenvalue weighted by atomic mass is 15.3. The summed E-state index contributed by atoms with van der Waals surface area (Å²) in [6.45, 7) is 4.32. The Labute approximate surface area is 135 Å². The van der Waals surface area contributed by atoms with Crippen molar-refractivity contribution in [3.8, 4) is 0 Å². The van der Waals surface area contributed by atoms with Crippen LogP contribution in [0.1, 0.15) is 31.3 Å². The Kier molecular flexibility index (Phi) is 3.37. The van der Waals surface area contributed by atoms with Crippen LogP contribution in [0.15, 0.2) is 48.7 Å². The summed E-state index contributed by atoms with van der Waals surface area (Å²) < 4.78 is 2.08. The molecule has 0 aliphatic carbocycles. The van der Waals surface area contributed by atoms with Crippen molar-refractivity contribution in [1.82, 2.24) is 19.7 Å². The van der Waals surface area contributed by atoms with Gasteiger partial charge in [0.05, 0.1) is 22.7 Å². The quantitative estimate of drug-likeness (QED) is 0.611. The maximum atomic E-state index is 4.65. The third-order valence-corrected chi connectivity index (χ3v) is 4.24. The number of fused-ring (bicyclic) bond motifs is 2. The molecular weight excluding hydrogens is 284 g/mol. The van der Waals surface area contributed by atoms with E-state index in [0.29, 0.717) is 6.04 Å². The van der Waals surface area contributed by atoms with Crippen molar-refractivity contribution >= 4 is 21.9 Å². The predicted molar refractivity (Wildman–Crippen MR) is 93.6 cm³/mol. The number of nitrogens with zero attached hydrogens (tertiary/aromatic N) is 3. The summed E-state index contributed by atoms with van der Waals surface area (Å²) >= 11 is 0. The molecule has 0 amide bonds. The molecule has 0 radical (unpaired) electrons. The van der Waals surface area contributed by atoms with Crippen LogP contribution >= 0.6 is 0 Å². The number of hydrogen-bond acceptors (Lipinski definition) is 2. The second-order valence-electron chi connectivity index (χ2n) is 6.28. The van der Waals surface area contributed by atoms with Gasteiger partial charge in [-0.25, -0.2) is 4.98 Å². The zero-order valence-corrected chi connectivity index (χ0v) is 13.5. The Hall–Kier alpha value is -2.62. The first kappa shape index (κ1) is 14.0.